The van der Waals surface area contributed by atoms with Gasteiger partial charge in [0.25, 0.3) is 0 Å². The number of carbonyl (C=O) groups excluding carboxylic acids is 2. The van der Waals surface area contributed by atoms with Crippen molar-refractivity contribution in [2.75, 3.05) is 45.2 Å². The molecule has 9 nitrogen and oxygen atoms in total. The third-order valence-electron chi connectivity index (χ3n) is 6.38. The molecule has 0 spiro atoms. The highest BCUT2D eigenvalue weighted by molar-refractivity contribution is 5.98. The normalized spacial score (nSPS) is 19.7. The van der Waals surface area contributed by atoms with Crippen molar-refractivity contribution in [3.63, 3.8) is 0 Å². The number of aliphatic hydroxyl groups is 1. The smallest absolute Gasteiger partial charge is 0.330 e. The molecule has 192 valence electrons. The van der Waals surface area contributed by atoms with Gasteiger partial charge in [-0.2, -0.15) is 0 Å². The second kappa shape index (κ2) is 12.8. The summed E-state index contributed by atoms with van der Waals surface area (Å²) in [6, 6.07) is 3.54. The van der Waals surface area contributed by atoms with E-state index in [-0.39, 0.29) is 17.7 Å². The van der Waals surface area contributed by atoms with Crippen molar-refractivity contribution in [1.82, 2.24) is 15.1 Å². The number of piperazine rings is 1. The lowest BCUT2D eigenvalue weighted by molar-refractivity contribution is -0.141. The predicted octanol–water partition coefficient (Wildman–Crippen LogP) is 2.69. The van der Waals surface area contributed by atoms with Crippen LogP contribution in [0.1, 0.15) is 44.9 Å². The summed E-state index contributed by atoms with van der Waals surface area (Å²) in [5, 5.41) is 16.2. The van der Waals surface area contributed by atoms with Gasteiger partial charge >= 0.3 is 12.0 Å². The number of nitrogens with zero attached hydrogens (tertiary/aromatic N) is 3. The fourth-order valence-electron chi connectivity index (χ4n) is 4.10. The summed E-state index contributed by atoms with van der Waals surface area (Å²) >= 11 is 0. The number of rotatable bonds is 9. The number of methoxy groups -OCH3 is 1. The zero-order valence-corrected chi connectivity index (χ0v) is 20.7. The number of carbonyl (C=O) groups is 2. The summed E-state index contributed by atoms with van der Waals surface area (Å²) in [5.41, 5.74) is 1.30. The number of nitrogens with one attached hydrogen (secondary N) is 2. The van der Waals surface area contributed by atoms with E-state index in [0.29, 0.717) is 38.3 Å². The second-order valence-electron chi connectivity index (χ2n) is 8.97. The summed E-state index contributed by atoms with van der Waals surface area (Å²) < 4.78 is 19.4. The number of hydrogen-bond donors (Lipinski definition) is 3. The molecule has 1 aliphatic carbocycles. The van der Waals surface area contributed by atoms with Crippen molar-refractivity contribution in [3.8, 4) is 0 Å². The van der Waals surface area contributed by atoms with Crippen molar-refractivity contribution in [2.24, 2.45) is 4.99 Å². The molecule has 3 rings (SSSR count). The third-order valence-corrected chi connectivity index (χ3v) is 6.38. The van der Waals surface area contributed by atoms with E-state index in [1.807, 2.05) is 24.0 Å². The van der Waals surface area contributed by atoms with E-state index in [1.165, 1.54) is 19.2 Å². The number of aliphatic hydroxyl groups excluding tert-OH is 1. The molecule has 1 heterocycles. The largest absolute Gasteiger partial charge is 0.467 e. The van der Waals surface area contributed by atoms with Crippen LogP contribution in [0.15, 0.2) is 35.3 Å². The molecule has 2 aliphatic rings. The van der Waals surface area contributed by atoms with Gasteiger partial charge in [-0.15, -0.1) is 0 Å². The monoisotopic (exact) mass is 489 g/mol. The van der Waals surface area contributed by atoms with Crippen molar-refractivity contribution in [1.29, 1.82) is 0 Å². The highest BCUT2D eigenvalue weighted by Crippen LogP contribution is 2.24. The Morgan fingerprint density at radius 2 is 2.00 bits per heavy atom. The molecule has 2 amide bonds. The molecule has 2 fully saturated rings. The van der Waals surface area contributed by atoms with Gasteiger partial charge < -0.3 is 20.5 Å². The van der Waals surface area contributed by atoms with Crippen LogP contribution in [0.2, 0.25) is 0 Å². The minimum absolute atomic E-state index is 0.0829. The first-order chi connectivity index (χ1) is 16.8. The minimum Gasteiger partial charge on any atom is -0.467 e. The van der Waals surface area contributed by atoms with E-state index < -0.39 is 24.1 Å². The van der Waals surface area contributed by atoms with Crippen molar-refractivity contribution in [2.45, 2.75) is 51.4 Å². The Hall–Kier alpha value is -2.82. The molecule has 1 aromatic rings. The van der Waals surface area contributed by atoms with Gasteiger partial charge in [-0.1, -0.05) is 12.1 Å². The fraction of sp³-hybridized carbons (Fsp3) is 0.560. The average molecular weight is 490 g/mol. The summed E-state index contributed by atoms with van der Waals surface area (Å²) in [6.45, 7) is 6.71. The Labute approximate surface area is 206 Å². The molecule has 35 heavy (non-hydrogen) atoms. The Balaban J connectivity index is 1.53. The van der Waals surface area contributed by atoms with E-state index in [0.717, 1.165) is 25.0 Å². The molecule has 1 aromatic carbocycles. The number of aliphatic imine (C=N–C) groups is 1. The topological polar surface area (TPSA) is 107 Å². The summed E-state index contributed by atoms with van der Waals surface area (Å²) in [5.74, 6) is -0.969. The zero-order valence-electron chi connectivity index (χ0n) is 20.7. The highest BCUT2D eigenvalue weighted by atomic mass is 19.1. The van der Waals surface area contributed by atoms with Crippen molar-refractivity contribution in [3.05, 3.63) is 41.7 Å². The van der Waals surface area contributed by atoms with Gasteiger partial charge in [0, 0.05) is 44.5 Å². The molecular formula is C25H36FN5O4. The second-order valence-corrected chi connectivity index (χ2v) is 8.97. The van der Waals surface area contributed by atoms with E-state index in [1.54, 1.807) is 13.0 Å². The number of halogens is 1. The molecule has 2 unspecified atom stereocenters. The molecule has 1 saturated heterocycles. The van der Waals surface area contributed by atoms with E-state index in [9.17, 15) is 19.1 Å². The minimum atomic E-state index is -0.951. The maximum Gasteiger partial charge on any atom is 0.330 e. The Morgan fingerprint density at radius 3 is 2.57 bits per heavy atom. The SMILES string of the molecule is C/C=C\C(CN1CCN(C(O)c2ccc(NC(=O)NC3CCC3)c(F)c2)CC1)=NC(C)C(=O)OC. The van der Waals surface area contributed by atoms with Crippen LogP contribution in [0.25, 0.3) is 0 Å². The van der Waals surface area contributed by atoms with Gasteiger partial charge in [0.05, 0.1) is 12.8 Å². The van der Waals surface area contributed by atoms with Crippen LogP contribution in [0.4, 0.5) is 14.9 Å². The van der Waals surface area contributed by atoms with Gasteiger partial charge in [-0.05, 0) is 56.9 Å². The molecule has 10 heteroatoms. The van der Waals surface area contributed by atoms with Gasteiger partial charge in [0.15, 0.2) is 0 Å². The zero-order chi connectivity index (χ0) is 25.4. The standard InChI is InChI=1S/C25H36FN5O4/c1-4-6-20(27-17(2)24(33)35-3)16-30-11-13-31(14-12-30)23(32)18-9-10-22(21(26)15-18)29-25(34)28-19-7-5-8-19/h4,6,9-10,15,17,19,23,32H,5,7-8,11-14,16H2,1-3H3,(H2,28,29,34)/b6-4-,27-20?. The van der Waals surface area contributed by atoms with Gasteiger partial charge in [-0.3, -0.25) is 14.8 Å². The number of ether oxygens (including phenoxy) is 1. The van der Waals surface area contributed by atoms with Gasteiger partial charge in [0.2, 0.25) is 0 Å². The average Bonchev–Trinajstić information content (AvgIpc) is 2.82. The molecule has 1 aliphatic heterocycles. The Morgan fingerprint density at radius 1 is 1.29 bits per heavy atom. The van der Waals surface area contributed by atoms with Crippen LogP contribution in [0.5, 0.6) is 0 Å². The first kappa shape index (κ1) is 26.8. The molecule has 0 radical (unpaired) electrons. The van der Waals surface area contributed by atoms with Gasteiger partial charge in [-0.25, -0.2) is 14.0 Å². The number of amides is 2. The molecule has 0 bridgehead atoms. The van der Waals surface area contributed by atoms with Crippen LogP contribution in [0, 0.1) is 5.82 Å². The van der Waals surface area contributed by atoms with E-state index in [2.05, 4.69) is 20.5 Å². The first-order valence-electron chi connectivity index (χ1n) is 12.1. The van der Waals surface area contributed by atoms with Crippen LogP contribution < -0.4 is 10.6 Å². The van der Waals surface area contributed by atoms with Crippen LogP contribution >= 0.6 is 0 Å². The summed E-state index contributed by atoms with van der Waals surface area (Å²) in [4.78, 5) is 32.2. The molecule has 3 N–H and O–H groups in total. The maximum absolute atomic E-state index is 14.6. The number of allylic oxidation sites excluding steroid dienone is 1. The Bertz CT molecular complexity index is 942. The van der Waals surface area contributed by atoms with E-state index >= 15 is 0 Å². The number of esters is 1. The van der Waals surface area contributed by atoms with Crippen LogP contribution in [-0.2, 0) is 9.53 Å². The molecule has 1 saturated carbocycles. The van der Waals surface area contributed by atoms with Crippen LogP contribution in [-0.4, -0.2) is 84.5 Å². The highest BCUT2D eigenvalue weighted by Gasteiger charge is 2.25. The lowest BCUT2D eigenvalue weighted by Gasteiger charge is -2.37. The van der Waals surface area contributed by atoms with E-state index in [4.69, 9.17) is 4.74 Å². The number of benzene rings is 1. The lowest BCUT2D eigenvalue weighted by Crippen LogP contribution is -2.49. The number of urea groups is 1. The fourth-order valence-corrected chi connectivity index (χ4v) is 4.10. The molecule has 2 atom stereocenters. The van der Waals surface area contributed by atoms with Crippen LogP contribution in [0.3, 0.4) is 0 Å². The summed E-state index contributed by atoms with van der Waals surface area (Å²) in [6.07, 6.45) is 5.80. The third kappa shape index (κ3) is 7.58. The predicted molar refractivity (Wildman–Crippen MR) is 133 cm³/mol. The first-order valence-corrected chi connectivity index (χ1v) is 12.1. The summed E-state index contributed by atoms with van der Waals surface area (Å²) in [7, 11) is 1.34. The van der Waals surface area contributed by atoms with Gasteiger partial charge in [0.1, 0.15) is 18.1 Å². The lowest BCUT2D eigenvalue weighted by atomic mass is 9.93. The number of anilines is 1. The quantitative estimate of drug-likeness (QED) is 0.364. The molecular weight excluding hydrogens is 453 g/mol. The number of hydrogen-bond acceptors (Lipinski definition) is 7. The van der Waals surface area contributed by atoms with Crippen molar-refractivity contribution < 1.29 is 23.8 Å². The van der Waals surface area contributed by atoms with Crippen molar-refractivity contribution >= 4 is 23.4 Å². The maximum atomic E-state index is 14.6. The molecule has 0 aromatic heterocycles. The Kier molecular flexibility index (Phi) is 9.76.